The number of nitrogens with two attached hydrogens (primary N) is 1. The van der Waals surface area contributed by atoms with Gasteiger partial charge in [0.2, 0.25) is 5.91 Å². The number of carbonyl (C=O) groups is 1. The third kappa shape index (κ3) is 3.82. The van der Waals surface area contributed by atoms with E-state index in [1.165, 1.54) is 23.9 Å². The molecule has 0 radical (unpaired) electrons. The number of primary amides is 1. The van der Waals surface area contributed by atoms with Gasteiger partial charge >= 0.3 is 0 Å². The Balaban J connectivity index is 2.21. The van der Waals surface area contributed by atoms with E-state index in [9.17, 15) is 14.9 Å². The van der Waals surface area contributed by atoms with Crippen LogP contribution in [0.4, 0.5) is 5.69 Å². The lowest BCUT2D eigenvalue weighted by atomic mass is 10.1. The lowest BCUT2D eigenvalue weighted by molar-refractivity contribution is -0.385. The molecular formula is C15H14N2O3S. The minimum atomic E-state index is -0.671. The number of nitro groups is 1. The second-order valence-corrected chi connectivity index (χ2v) is 5.62. The first kappa shape index (κ1) is 15.1. The fraction of sp³-hybridized carbons (Fsp3) is 0.133. The molecule has 0 bridgehead atoms. The monoisotopic (exact) mass is 302 g/mol. The van der Waals surface area contributed by atoms with Crippen LogP contribution < -0.4 is 5.73 Å². The highest BCUT2D eigenvalue weighted by molar-refractivity contribution is 7.98. The fourth-order valence-electron chi connectivity index (χ4n) is 1.80. The standard InChI is InChI=1S/C15H14N2O3S/c1-10-2-6-13(7-3-10)21-9-12-5-4-11(15(16)18)8-14(12)17(19)20/h2-8H,9H2,1H3,(H2,16,18). The summed E-state index contributed by atoms with van der Waals surface area (Å²) >= 11 is 1.51. The predicted molar refractivity (Wildman–Crippen MR) is 82.4 cm³/mol. The van der Waals surface area contributed by atoms with E-state index in [1.54, 1.807) is 6.07 Å². The molecule has 0 aliphatic rings. The highest BCUT2D eigenvalue weighted by Gasteiger charge is 2.16. The Labute approximate surface area is 126 Å². The summed E-state index contributed by atoms with van der Waals surface area (Å²) in [5, 5.41) is 11.1. The van der Waals surface area contributed by atoms with Crippen molar-refractivity contribution in [1.82, 2.24) is 0 Å². The van der Waals surface area contributed by atoms with E-state index >= 15 is 0 Å². The van der Waals surface area contributed by atoms with Crippen molar-refractivity contribution in [2.45, 2.75) is 17.6 Å². The van der Waals surface area contributed by atoms with E-state index in [2.05, 4.69) is 0 Å². The number of nitrogens with zero attached hydrogens (tertiary/aromatic N) is 1. The molecule has 0 fully saturated rings. The summed E-state index contributed by atoms with van der Waals surface area (Å²) in [6, 6.07) is 12.3. The number of amides is 1. The molecular weight excluding hydrogens is 288 g/mol. The lowest BCUT2D eigenvalue weighted by Crippen LogP contribution is -2.11. The van der Waals surface area contributed by atoms with Crippen LogP contribution in [0.25, 0.3) is 0 Å². The van der Waals surface area contributed by atoms with Crippen molar-refractivity contribution in [3.05, 3.63) is 69.3 Å². The number of hydrogen-bond acceptors (Lipinski definition) is 4. The maximum Gasteiger partial charge on any atom is 0.274 e. The first-order valence-corrected chi connectivity index (χ1v) is 7.22. The first-order chi connectivity index (χ1) is 9.97. The Morgan fingerprint density at radius 3 is 2.48 bits per heavy atom. The van der Waals surface area contributed by atoms with Gasteiger partial charge in [-0.15, -0.1) is 11.8 Å². The minimum absolute atomic E-state index is 0.0779. The average molecular weight is 302 g/mol. The molecule has 0 aliphatic carbocycles. The number of hydrogen-bond donors (Lipinski definition) is 1. The Hall–Kier alpha value is -2.34. The Morgan fingerprint density at radius 2 is 1.90 bits per heavy atom. The van der Waals surface area contributed by atoms with E-state index in [1.807, 2.05) is 31.2 Å². The van der Waals surface area contributed by atoms with Gasteiger partial charge in [-0.1, -0.05) is 23.8 Å². The Morgan fingerprint density at radius 1 is 1.24 bits per heavy atom. The molecule has 0 saturated heterocycles. The van der Waals surface area contributed by atoms with Crippen LogP contribution in [0.15, 0.2) is 47.4 Å². The van der Waals surface area contributed by atoms with Gasteiger partial charge in [0.25, 0.3) is 5.69 Å². The summed E-state index contributed by atoms with van der Waals surface area (Å²) < 4.78 is 0. The molecule has 0 atom stereocenters. The molecule has 1 amide bonds. The molecule has 0 aromatic heterocycles. The van der Waals surface area contributed by atoms with Crippen LogP contribution >= 0.6 is 11.8 Å². The summed E-state index contributed by atoms with van der Waals surface area (Å²) in [4.78, 5) is 22.7. The largest absolute Gasteiger partial charge is 0.366 e. The van der Waals surface area contributed by atoms with Crippen LogP contribution in [0, 0.1) is 17.0 Å². The number of carbonyl (C=O) groups excluding carboxylic acids is 1. The summed E-state index contributed by atoms with van der Waals surface area (Å²) in [7, 11) is 0. The van der Waals surface area contributed by atoms with Crippen LogP contribution in [0.2, 0.25) is 0 Å². The van der Waals surface area contributed by atoms with Gasteiger partial charge in [0.05, 0.1) is 4.92 Å². The molecule has 2 aromatic rings. The van der Waals surface area contributed by atoms with Crippen LogP contribution in [-0.4, -0.2) is 10.8 Å². The second kappa shape index (κ2) is 6.41. The molecule has 21 heavy (non-hydrogen) atoms. The molecule has 108 valence electrons. The molecule has 0 heterocycles. The van der Waals surface area contributed by atoms with Crippen LogP contribution in [0.3, 0.4) is 0 Å². The molecule has 2 aromatic carbocycles. The normalized spacial score (nSPS) is 10.3. The third-order valence-electron chi connectivity index (χ3n) is 2.98. The van der Waals surface area contributed by atoms with Crippen molar-refractivity contribution >= 4 is 23.4 Å². The van der Waals surface area contributed by atoms with Crippen LogP contribution in [0.5, 0.6) is 0 Å². The number of benzene rings is 2. The van der Waals surface area contributed by atoms with E-state index in [0.717, 1.165) is 10.5 Å². The second-order valence-electron chi connectivity index (χ2n) is 4.57. The highest BCUT2D eigenvalue weighted by Crippen LogP contribution is 2.28. The molecule has 2 N–H and O–H groups in total. The third-order valence-corrected chi connectivity index (χ3v) is 4.04. The molecule has 6 heteroatoms. The minimum Gasteiger partial charge on any atom is -0.366 e. The molecule has 5 nitrogen and oxygen atoms in total. The Kier molecular flexibility index (Phi) is 4.59. The first-order valence-electron chi connectivity index (χ1n) is 6.24. The highest BCUT2D eigenvalue weighted by atomic mass is 32.2. The lowest BCUT2D eigenvalue weighted by Gasteiger charge is -2.05. The zero-order chi connectivity index (χ0) is 15.4. The molecule has 0 spiro atoms. The van der Waals surface area contributed by atoms with Gasteiger partial charge in [-0.3, -0.25) is 14.9 Å². The number of nitro benzene ring substituents is 1. The van der Waals surface area contributed by atoms with Gasteiger partial charge in [-0.2, -0.15) is 0 Å². The average Bonchev–Trinajstić information content (AvgIpc) is 2.46. The van der Waals surface area contributed by atoms with Crippen LogP contribution in [0.1, 0.15) is 21.5 Å². The molecule has 0 unspecified atom stereocenters. The molecule has 2 rings (SSSR count). The van der Waals surface area contributed by atoms with Gasteiger partial charge in [-0.05, 0) is 25.1 Å². The maximum atomic E-state index is 11.1. The number of rotatable bonds is 5. The quantitative estimate of drug-likeness (QED) is 0.521. The predicted octanol–water partition coefficient (Wildman–Crippen LogP) is 3.29. The van der Waals surface area contributed by atoms with Gasteiger partial charge in [-0.25, -0.2) is 0 Å². The van der Waals surface area contributed by atoms with Gasteiger partial charge in [0.15, 0.2) is 0 Å². The number of thioether (sulfide) groups is 1. The fourth-order valence-corrected chi connectivity index (χ4v) is 2.70. The summed E-state index contributed by atoms with van der Waals surface area (Å²) in [6.45, 7) is 2.00. The van der Waals surface area contributed by atoms with E-state index in [0.29, 0.717) is 11.3 Å². The summed E-state index contributed by atoms with van der Waals surface area (Å²) in [5.41, 5.74) is 6.94. The zero-order valence-corrected chi connectivity index (χ0v) is 12.2. The van der Waals surface area contributed by atoms with Crippen molar-refractivity contribution in [1.29, 1.82) is 0 Å². The van der Waals surface area contributed by atoms with E-state index in [-0.39, 0.29) is 11.3 Å². The Bertz CT molecular complexity index is 684. The summed E-state index contributed by atoms with van der Waals surface area (Å²) in [6.07, 6.45) is 0. The van der Waals surface area contributed by atoms with E-state index in [4.69, 9.17) is 5.73 Å². The zero-order valence-electron chi connectivity index (χ0n) is 11.4. The molecule has 0 saturated carbocycles. The van der Waals surface area contributed by atoms with Crippen molar-refractivity contribution in [3.8, 4) is 0 Å². The van der Waals surface area contributed by atoms with Crippen molar-refractivity contribution in [2.24, 2.45) is 5.73 Å². The van der Waals surface area contributed by atoms with E-state index < -0.39 is 10.8 Å². The van der Waals surface area contributed by atoms with Crippen molar-refractivity contribution in [2.75, 3.05) is 0 Å². The van der Waals surface area contributed by atoms with Crippen molar-refractivity contribution in [3.63, 3.8) is 0 Å². The smallest absolute Gasteiger partial charge is 0.274 e. The van der Waals surface area contributed by atoms with Gasteiger partial charge < -0.3 is 5.73 Å². The maximum absolute atomic E-state index is 11.1. The van der Waals surface area contributed by atoms with Crippen LogP contribution in [-0.2, 0) is 5.75 Å². The molecule has 0 aliphatic heterocycles. The SMILES string of the molecule is Cc1ccc(SCc2ccc(C(N)=O)cc2[N+](=O)[O-])cc1. The topological polar surface area (TPSA) is 86.2 Å². The van der Waals surface area contributed by atoms with Gasteiger partial charge in [0, 0.05) is 27.8 Å². The van der Waals surface area contributed by atoms with Crippen molar-refractivity contribution < 1.29 is 9.72 Å². The number of aryl methyl sites for hydroxylation is 1. The summed E-state index contributed by atoms with van der Waals surface area (Å²) in [5.74, 6) is -0.214. The van der Waals surface area contributed by atoms with Gasteiger partial charge in [0.1, 0.15) is 0 Å².